The Labute approximate surface area is 127 Å². The number of benzene rings is 2. The molecular formula is C15H14Cl2FNO. The van der Waals surface area contributed by atoms with Crippen molar-refractivity contribution in [2.24, 2.45) is 0 Å². The molecule has 20 heavy (non-hydrogen) atoms. The molecular weight excluding hydrogens is 300 g/mol. The third kappa shape index (κ3) is 3.23. The lowest BCUT2D eigenvalue weighted by atomic mass is 10.1. The van der Waals surface area contributed by atoms with Gasteiger partial charge in [-0.25, -0.2) is 4.39 Å². The van der Waals surface area contributed by atoms with Gasteiger partial charge in [0.05, 0.1) is 5.02 Å². The van der Waals surface area contributed by atoms with Crippen molar-refractivity contribution >= 4 is 23.2 Å². The molecule has 1 unspecified atom stereocenters. The van der Waals surface area contributed by atoms with Gasteiger partial charge in [0.15, 0.2) is 0 Å². The van der Waals surface area contributed by atoms with E-state index in [0.717, 1.165) is 0 Å². The van der Waals surface area contributed by atoms with Crippen molar-refractivity contribution in [3.05, 3.63) is 57.8 Å². The summed E-state index contributed by atoms with van der Waals surface area (Å²) in [6, 6.07) is 9.45. The standard InChI is InChI=1S/C15H14Cl2FNO/c1-9(19-2)11-8-10(18)6-7-13(11)20-14-5-3-4-12(16)15(14)17/h3-9,19H,1-2H3. The number of nitrogens with one attached hydrogen (secondary N) is 1. The molecule has 0 radical (unpaired) electrons. The minimum absolute atomic E-state index is 0.0568. The lowest BCUT2D eigenvalue weighted by molar-refractivity contribution is 0.463. The second kappa shape index (κ2) is 6.44. The smallest absolute Gasteiger partial charge is 0.147 e. The largest absolute Gasteiger partial charge is 0.455 e. The van der Waals surface area contributed by atoms with Crippen molar-refractivity contribution in [2.45, 2.75) is 13.0 Å². The zero-order valence-electron chi connectivity index (χ0n) is 11.1. The van der Waals surface area contributed by atoms with Crippen LogP contribution in [-0.2, 0) is 0 Å². The minimum Gasteiger partial charge on any atom is -0.455 e. The van der Waals surface area contributed by atoms with Gasteiger partial charge in [0, 0.05) is 11.6 Å². The first kappa shape index (κ1) is 15.1. The highest BCUT2D eigenvalue weighted by molar-refractivity contribution is 6.42. The highest BCUT2D eigenvalue weighted by Gasteiger charge is 2.14. The van der Waals surface area contributed by atoms with Crippen LogP contribution in [0, 0.1) is 5.82 Å². The predicted octanol–water partition coefficient (Wildman–Crippen LogP) is 5.21. The highest BCUT2D eigenvalue weighted by atomic mass is 35.5. The van der Waals surface area contributed by atoms with E-state index >= 15 is 0 Å². The molecule has 2 nitrogen and oxygen atoms in total. The lowest BCUT2D eigenvalue weighted by Gasteiger charge is -2.17. The maximum atomic E-state index is 13.4. The summed E-state index contributed by atoms with van der Waals surface area (Å²) in [6.07, 6.45) is 0. The van der Waals surface area contributed by atoms with Crippen LogP contribution in [0.2, 0.25) is 10.0 Å². The van der Waals surface area contributed by atoms with E-state index in [1.165, 1.54) is 12.1 Å². The first-order chi connectivity index (χ1) is 9.52. The van der Waals surface area contributed by atoms with Gasteiger partial charge in [0.2, 0.25) is 0 Å². The molecule has 2 aromatic rings. The zero-order chi connectivity index (χ0) is 14.7. The van der Waals surface area contributed by atoms with Crippen LogP contribution in [0.3, 0.4) is 0 Å². The Balaban J connectivity index is 2.40. The number of hydrogen-bond acceptors (Lipinski definition) is 2. The van der Waals surface area contributed by atoms with Gasteiger partial charge >= 0.3 is 0 Å². The first-order valence-corrected chi connectivity index (χ1v) is 6.87. The van der Waals surface area contributed by atoms with Gasteiger partial charge in [-0.15, -0.1) is 0 Å². The number of halogens is 3. The van der Waals surface area contributed by atoms with Crippen LogP contribution >= 0.6 is 23.2 Å². The molecule has 0 aromatic heterocycles. The SMILES string of the molecule is CNC(C)c1cc(F)ccc1Oc1cccc(Cl)c1Cl. The molecule has 0 aliphatic rings. The predicted molar refractivity (Wildman–Crippen MR) is 80.4 cm³/mol. The number of rotatable bonds is 4. The van der Waals surface area contributed by atoms with Crippen LogP contribution in [-0.4, -0.2) is 7.05 Å². The molecule has 0 fully saturated rings. The Morgan fingerprint density at radius 3 is 2.60 bits per heavy atom. The molecule has 2 rings (SSSR count). The van der Waals surface area contributed by atoms with E-state index in [-0.39, 0.29) is 11.9 Å². The third-order valence-corrected chi connectivity index (χ3v) is 3.81. The quantitative estimate of drug-likeness (QED) is 0.837. The van der Waals surface area contributed by atoms with E-state index in [4.69, 9.17) is 27.9 Å². The molecule has 0 bridgehead atoms. The zero-order valence-corrected chi connectivity index (χ0v) is 12.6. The average Bonchev–Trinajstić information content (AvgIpc) is 2.44. The van der Waals surface area contributed by atoms with E-state index in [0.29, 0.717) is 27.1 Å². The van der Waals surface area contributed by atoms with Gasteiger partial charge in [0.1, 0.15) is 22.3 Å². The summed E-state index contributed by atoms with van der Waals surface area (Å²) in [5.74, 6) is 0.666. The van der Waals surface area contributed by atoms with Crippen molar-refractivity contribution < 1.29 is 9.13 Å². The molecule has 5 heteroatoms. The number of hydrogen-bond donors (Lipinski definition) is 1. The normalized spacial score (nSPS) is 12.2. The monoisotopic (exact) mass is 313 g/mol. The second-order valence-electron chi connectivity index (χ2n) is 4.35. The van der Waals surface area contributed by atoms with Gasteiger partial charge in [0.25, 0.3) is 0 Å². The third-order valence-electron chi connectivity index (χ3n) is 3.01. The maximum absolute atomic E-state index is 13.4. The molecule has 0 saturated carbocycles. The van der Waals surface area contributed by atoms with Crippen LogP contribution < -0.4 is 10.1 Å². The van der Waals surface area contributed by atoms with Crippen molar-refractivity contribution in [1.82, 2.24) is 5.32 Å². The summed E-state index contributed by atoms with van der Waals surface area (Å²) in [6.45, 7) is 1.92. The first-order valence-electron chi connectivity index (χ1n) is 6.11. The van der Waals surface area contributed by atoms with Gasteiger partial charge < -0.3 is 10.1 Å². The summed E-state index contributed by atoms with van der Waals surface area (Å²) < 4.78 is 19.2. The van der Waals surface area contributed by atoms with Crippen molar-refractivity contribution in [3.63, 3.8) is 0 Å². The average molecular weight is 314 g/mol. The van der Waals surface area contributed by atoms with Gasteiger partial charge in [-0.3, -0.25) is 0 Å². The van der Waals surface area contributed by atoms with Gasteiger partial charge in [-0.2, -0.15) is 0 Å². The minimum atomic E-state index is -0.313. The van der Waals surface area contributed by atoms with E-state index in [1.807, 2.05) is 6.92 Å². The molecule has 0 saturated heterocycles. The Bertz CT molecular complexity index is 619. The van der Waals surface area contributed by atoms with Crippen LogP contribution in [0.4, 0.5) is 4.39 Å². The molecule has 0 spiro atoms. The molecule has 0 aliphatic carbocycles. The lowest BCUT2D eigenvalue weighted by Crippen LogP contribution is -2.13. The summed E-state index contributed by atoms with van der Waals surface area (Å²) in [4.78, 5) is 0. The van der Waals surface area contributed by atoms with Crippen LogP contribution in [0.5, 0.6) is 11.5 Å². The van der Waals surface area contributed by atoms with Crippen LogP contribution in [0.15, 0.2) is 36.4 Å². The Morgan fingerprint density at radius 1 is 1.15 bits per heavy atom. The van der Waals surface area contributed by atoms with Gasteiger partial charge in [-0.05, 0) is 44.3 Å². The molecule has 0 heterocycles. The van der Waals surface area contributed by atoms with E-state index in [1.54, 1.807) is 31.3 Å². The summed E-state index contributed by atoms with van der Waals surface area (Å²) in [5, 5.41) is 3.80. The van der Waals surface area contributed by atoms with Crippen molar-refractivity contribution in [2.75, 3.05) is 7.05 Å². The Morgan fingerprint density at radius 2 is 1.90 bits per heavy atom. The van der Waals surface area contributed by atoms with Crippen LogP contribution in [0.25, 0.3) is 0 Å². The fourth-order valence-corrected chi connectivity index (χ4v) is 2.12. The van der Waals surface area contributed by atoms with E-state index in [9.17, 15) is 4.39 Å². The summed E-state index contributed by atoms with van der Waals surface area (Å²) in [7, 11) is 1.80. The number of ether oxygens (including phenoxy) is 1. The molecule has 106 valence electrons. The van der Waals surface area contributed by atoms with E-state index < -0.39 is 0 Å². The fourth-order valence-electron chi connectivity index (χ4n) is 1.79. The summed E-state index contributed by atoms with van der Waals surface area (Å²) >= 11 is 12.0. The van der Waals surface area contributed by atoms with Crippen molar-refractivity contribution in [3.8, 4) is 11.5 Å². The van der Waals surface area contributed by atoms with Crippen LogP contribution in [0.1, 0.15) is 18.5 Å². The molecule has 1 atom stereocenters. The maximum Gasteiger partial charge on any atom is 0.147 e. The molecule has 0 aliphatic heterocycles. The molecule has 2 aromatic carbocycles. The van der Waals surface area contributed by atoms with E-state index in [2.05, 4.69) is 5.32 Å². The Kier molecular flexibility index (Phi) is 4.86. The second-order valence-corrected chi connectivity index (χ2v) is 5.13. The molecule has 1 N–H and O–H groups in total. The fraction of sp³-hybridized carbons (Fsp3) is 0.200. The molecule has 0 amide bonds. The van der Waals surface area contributed by atoms with Crippen molar-refractivity contribution in [1.29, 1.82) is 0 Å². The van der Waals surface area contributed by atoms with Gasteiger partial charge in [-0.1, -0.05) is 29.3 Å². The Hall–Kier alpha value is -1.29. The highest BCUT2D eigenvalue weighted by Crippen LogP contribution is 2.37. The topological polar surface area (TPSA) is 21.3 Å². The summed E-state index contributed by atoms with van der Waals surface area (Å²) in [5.41, 5.74) is 0.712.